The Hall–Kier alpha value is -3.91. The van der Waals surface area contributed by atoms with E-state index >= 15 is 0 Å². The fraction of sp³-hybridized carbons (Fsp3) is 0.739. The van der Waals surface area contributed by atoms with Gasteiger partial charge in [-0.05, 0) is 37.6 Å². The number of hydrogen-bond donors (Lipinski definition) is 5. The normalized spacial score (nSPS) is 12.3. The Morgan fingerprint density at radius 3 is 2.13 bits per heavy atom. The molecule has 0 radical (unpaired) electrons. The van der Waals surface area contributed by atoms with E-state index in [0.717, 1.165) is 17.4 Å². The number of aliphatic carboxylic acids is 1. The summed E-state index contributed by atoms with van der Waals surface area (Å²) < 4.78 is 0.718. The number of primary amides is 1. The number of carboxylic acid groups (broad SMARTS) is 1. The second kappa shape index (κ2) is 19.2. The lowest BCUT2D eigenvalue weighted by atomic mass is 10.1. The van der Waals surface area contributed by atoms with Crippen molar-refractivity contribution >= 4 is 35.5 Å². The minimum Gasteiger partial charge on any atom is -0.550 e. The Balaban J connectivity index is 4.92. The summed E-state index contributed by atoms with van der Waals surface area (Å²) in [6.07, 6.45) is 2.75. The Bertz CT molecular complexity index is 899. The van der Waals surface area contributed by atoms with Crippen LogP contribution in [0.3, 0.4) is 0 Å². The first-order chi connectivity index (χ1) is 18.2. The van der Waals surface area contributed by atoms with E-state index in [1.807, 2.05) is 21.1 Å². The Morgan fingerprint density at radius 1 is 0.897 bits per heavy atom. The molecule has 39 heavy (non-hydrogen) atoms. The molecule has 0 heterocycles. The highest BCUT2D eigenvalue weighted by Crippen LogP contribution is 2.05. The summed E-state index contributed by atoms with van der Waals surface area (Å²) in [6, 6.07) is -2.43. The molecule has 0 fully saturated rings. The fourth-order valence-corrected chi connectivity index (χ4v) is 3.39. The molecule has 0 bridgehead atoms. The van der Waals surface area contributed by atoms with E-state index in [-0.39, 0.29) is 19.4 Å². The van der Waals surface area contributed by atoms with Crippen molar-refractivity contribution in [1.29, 1.82) is 0 Å². The predicted octanol–water partition coefficient (Wildman–Crippen LogP) is -2.44. The van der Waals surface area contributed by atoms with Crippen LogP contribution in [0.4, 0.5) is 0 Å². The molecule has 0 saturated carbocycles. The number of rotatable bonds is 21. The van der Waals surface area contributed by atoms with Crippen LogP contribution in [0.15, 0.2) is 5.11 Å². The van der Waals surface area contributed by atoms with E-state index in [2.05, 4.69) is 31.3 Å². The highest BCUT2D eigenvalue weighted by molar-refractivity contribution is 5.93. The van der Waals surface area contributed by atoms with Crippen molar-refractivity contribution in [2.24, 2.45) is 10.8 Å². The van der Waals surface area contributed by atoms with E-state index in [0.29, 0.717) is 25.7 Å². The van der Waals surface area contributed by atoms with Gasteiger partial charge in [0.2, 0.25) is 29.5 Å². The molecular formula is C23H41N9O7. The highest BCUT2D eigenvalue weighted by Gasteiger charge is 2.24. The average molecular weight is 556 g/mol. The van der Waals surface area contributed by atoms with Crippen molar-refractivity contribution in [2.75, 3.05) is 47.3 Å². The number of azide groups is 1. The molecule has 0 saturated heterocycles. The summed E-state index contributed by atoms with van der Waals surface area (Å²) >= 11 is 0. The summed E-state index contributed by atoms with van der Waals surface area (Å²) in [5.41, 5.74) is 13.4. The van der Waals surface area contributed by atoms with Crippen LogP contribution in [0, 0.1) is 0 Å². The van der Waals surface area contributed by atoms with Crippen LogP contribution in [0.1, 0.15) is 51.4 Å². The monoisotopic (exact) mass is 555 g/mol. The quantitative estimate of drug-likeness (QED) is 0.0336. The van der Waals surface area contributed by atoms with Gasteiger partial charge in [-0.25, -0.2) is 0 Å². The summed E-state index contributed by atoms with van der Waals surface area (Å²) in [6.45, 7) is -0.0487. The van der Waals surface area contributed by atoms with Crippen LogP contribution in [0.2, 0.25) is 0 Å². The SMILES string of the molecule is C[N+](C)(C)CCCC[C@H](NC(=O)CN=[N+]=[N-])C(=O)NCC(=O)N[C@@H](CC(=O)[O-])C(=O)NCCCCCC(N)=O. The van der Waals surface area contributed by atoms with Crippen LogP contribution < -0.4 is 32.1 Å². The topological polar surface area (TPSA) is 248 Å². The van der Waals surface area contributed by atoms with E-state index in [9.17, 15) is 33.9 Å². The van der Waals surface area contributed by atoms with Gasteiger partial charge in [0.1, 0.15) is 18.6 Å². The third kappa shape index (κ3) is 19.8. The summed E-state index contributed by atoms with van der Waals surface area (Å²) in [4.78, 5) is 73.7. The first-order valence-electron chi connectivity index (χ1n) is 12.7. The third-order valence-electron chi connectivity index (χ3n) is 5.35. The summed E-state index contributed by atoms with van der Waals surface area (Å²) in [7, 11) is 6.06. The second-order valence-corrected chi connectivity index (χ2v) is 10.0. The maximum atomic E-state index is 12.7. The third-order valence-corrected chi connectivity index (χ3v) is 5.35. The number of carbonyl (C=O) groups is 6. The van der Waals surface area contributed by atoms with Gasteiger partial charge in [0.05, 0.1) is 34.2 Å². The van der Waals surface area contributed by atoms with Gasteiger partial charge in [0.15, 0.2) is 0 Å². The van der Waals surface area contributed by atoms with Crippen molar-refractivity contribution in [1.82, 2.24) is 21.3 Å². The standard InChI is InChI=1S/C23H41N9O7/c1-32(2,3)12-8-6-9-16(29-20(35)15-28-31-25)22(38)27-14-19(34)30-17(13-21(36)37)23(39)26-11-7-4-5-10-18(24)33/h16-17H,4-15H2,1-3H3,(H6-,24,26,27,29,30,33,34,35,36,37,38,39)/t16-,17-/m0/s1. The van der Waals surface area contributed by atoms with Gasteiger partial charge >= 0.3 is 0 Å². The maximum Gasteiger partial charge on any atom is 0.243 e. The first kappa shape index (κ1) is 35.1. The van der Waals surface area contributed by atoms with Crippen molar-refractivity contribution in [2.45, 2.75) is 63.5 Å². The minimum atomic E-state index is -1.56. The molecule has 0 unspecified atom stereocenters. The van der Waals surface area contributed by atoms with Crippen molar-refractivity contribution in [3.8, 4) is 0 Å². The molecule has 0 aromatic carbocycles. The number of nitrogens with one attached hydrogen (secondary N) is 4. The minimum absolute atomic E-state index is 0.194. The lowest BCUT2D eigenvalue weighted by Gasteiger charge is -2.24. The van der Waals surface area contributed by atoms with Crippen LogP contribution in [-0.4, -0.2) is 99.4 Å². The Labute approximate surface area is 227 Å². The number of amides is 5. The van der Waals surface area contributed by atoms with Crippen LogP contribution in [0.25, 0.3) is 10.4 Å². The number of carbonyl (C=O) groups excluding carboxylic acids is 6. The molecule has 6 N–H and O–H groups in total. The first-order valence-corrected chi connectivity index (χ1v) is 12.7. The number of carboxylic acids is 1. The number of nitrogens with two attached hydrogens (primary N) is 1. The van der Waals surface area contributed by atoms with Crippen LogP contribution in [-0.2, 0) is 28.8 Å². The zero-order chi connectivity index (χ0) is 29.8. The lowest BCUT2D eigenvalue weighted by molar-refractivity contribution is -0.870. The van der Waals surface area contributed by atoms with E-state index < -0.39 is 67.1 Å². The molecule has 220 valence electrons. The van der Waals surface area contributed by atoms with Gasteiger partial charge in [0.25, 0.3) is 0 Å². The summed E-state index contributed by atoms with van der Waals surface area (Å²) in [5.74, 6) is -4.88. The van der Waals surface area contributed by atoms with Crippen molar-refractivity contribution < 1.29 is 38.4 Å². The predicted molar refractivity (Wildman–Crippen MR) is 138 cm³/mol. The van der Waals surface area contributed by atoms with Gasteiger partial charge < -0.3 is 41.4 Å². The average Bonchev–Trinajstić information content (AvgIpc) is 2.83. The molecular weight excluding hydrogens is 514 g/mol. The molecule has 16 heteroatoms. The molecule has 0 aromatic rings. The van der Waals surface area contributed by atoms with Gasteiger partial charge in [-0.3, -0.25) is 24.0 Å². The number of unbranched alkanes of at least 4 members (excludes halogenated alkanes) is 3. The largest absolute Gasteiger partial charge is 0.550 e. The van der Waals surface area contributed by atoms with Gasteiger partial charge in [0, 0.05) is 30.3 Å². The molecule has 16 nitrogen and oxygen atoms in total. The molecule has 2 atom stereocenters. The molecule has 0 aliphatic carbocycles. The number of hydrogen-bond acceptors (Lipinski definition) is 8. The Kier molecular flexibility index (Phi) is 17.3. The maximum absolute atomic E-state index is 12.7. The molecule has 0 aliphatic heterocycles. The smallest absolute Gasteiger partial charge is 0.243 e. The summed E-state index contributed by atoms with van der Waals surface area (Å²) in [5, 5.41) is 23.8. The molecule has 0 aliphatic rings. The van der Waals surface area contributed by atoms with Crippen LogP contribution in [0.5, 0.6) is 0 Å². The van der Waals surface area contributed by atoms with Gasteiger partial charge in [-0.15, -0.1) is 0 Å². The van der Waals surface area contributed by atoms with Gasteiger partial charge in [-0.1, -0.05) is 11.5 Å². The van der Waals surface area contributed by atoms with E-state index in [1.54, 1.807) is 0 Å². The molecule has 5 amide bonds. The molecule has 0 aromatic heterocycles. The Morgan fingerprint density at radius 2 is 1.54 bits per heavy atom. The van der Waals surface area contributed by atoms with Gasteiger partial charge in [-0.2, -0.15) is 0 Å². The van der Waals surface area contributed by atoms with E-state index in [1.165, 1.54) is 0 Å². The van der Waals surface area contributed by atoms with Crippen LogP contribution >= 0.6 is 0 Å². The highest BCUT2D eigenvalue weighted by atomic mass is 16.4. The number of nitrogens with zero attached hydrogens (tertiary/aromatic N) is 4. The van der Waals surface area contributed by atoms with Crippen molar-refractivity contribution in [3.05, 3.63) is 10.4 Å². The molecule has 0 spiro atoms. The second-order valence-electron chi connectivity index (χ2n) is 10.0. The molecule has 0 rings (SSSR count). The number of quaternary nitrogens is 1. The zero-order valence-electron chi connectivity index (χ0n) is 22.9. The zero-order valence-corrected chi connectivity index (χ0v) is 22.9. The van der Waals surface area contributed by atoms with Crippen molar-refractivity contribution in [3.63, 3.8) is 0 Å². The fourth-order valence-electron chi connectivity index (χ4n) is 3.39. The van der Waals surface area contributed by atoms with E-state index in [4.69, 9.17) is 11.3 Å². The lowest BCUT2D eigenvalue weighted by Crippen LogP contribution is -2.53.